The number of likely N-dealkylation sites (N-methyl/N-ethyl adjacent to an activating group) is 1. The van der Waals surface area contributed by atoms with Gasteiger partial charge in [-0.05, 0) is 27.3 Å². The van der Waals surface area contributed by atoms with Crippen molar-refractivity contribution in [3.63, 3.8) is 0 Å². The van der Waals surface area contributed by atoms with Crippen molar-refractivity contribution in [2.24, 2.45) is 0 Å². The van der Waals surface area contributed by atoms with Gasteiger partial charge in [0.25, 0.3) is 0 Å². The summed E-state index contributed by atoms with van der Waals surface area (Å²) >= 11 is 1.80. The maximum absolute atomic E-state index is 4.52. The van der Waals surface area contributed by atoms with Crippen LogP contribution in [0.15, 0.2) is 12.7 Å². The van der Waals surface area contributed by atoms with Gasteiger partial charge in [0.15, 0.2) is 0 Å². The maximum Gasteiger partial charge on any atom is 0.0946 e. The molecule has 1 rings (SSSR count). The van der Waals surface area contributed by atoms with Crippen molar-refractivity contribution in [3.8, 4) is 0 Å². The van der Waals surface area contributed by atoms with Gasteiger partial charge < -0.3 is 5.32 Å². The largest absolute Gasteiger partial charge is 0.316 e. The number of nitrogens with zero attached hydrogens (tertiary/aromatic N) is 1. The molecule has 1 atom stereocenters. The van der Waals surface area contributed by atoms with E-state index in [0.29, 0.717) is 6.04 Å². The minimum atomic E-state index is 0.470. The Balaban J connectivity index is 2.61. The first-order valence-electron chi connectivity index (χ1n) is 4.88. The maximum atomic E-state index is 4.52. The molecule has 0 aliphatic carbocycles. The van der Waals surface area contributed by atoms with Crippen molar-refractivity contribution in [2.75, 3.05) is 7.05 Å². The van der Waals surface area contributed by atoms with Gasteiger partial charge in [-0.25, -0.2) is 4.98 Å². The van der Waals surface area contributed by atoms with Crippen LogP contribution in [0.4, 0.5) is 0 Å². The van der Waals surface area contributed by atoms with E-state index in [2.05, 4.69) is 30.7 Å². The van der Waals surface area contributed by atoms with Crippen LogP contribution in [-0.4, -0.2) is 18.1 Å². The molecule has 1 N–H and O–H groups in total. The third-order valence-corrected chi connectivity index (χ3v) is 3.45. The van der Waals surface area contributed by atoms with Gasteiger partial charge in [-0.2, -0.15) is 0 Å². The van der Waals surface area contributed by atoms with E-state index in [1.54, 1.807) is 11.3 Å². The quantitative estimate of drug-likeness (QED) is 0.755. The highest BCUT2D eigenvalue weighted by atomic mass is 32.1. The lowest BCUT2D eigenvalue weighted by Crippen LogP contribution is -2.26. The molecule has 0 bridgehead atoms. The Morgan fingerprint density at radius 3 is 2.71 bits per heavy atom. The minimum Gasteiger partial charge on any atom is -0.316 e. The van der Waals surface area contributed by atoms with Gasteiger partial charge in [0.2, 0.25) is 0 Å². The van der Waals surface area contributed by atoms with Crippen molar-refractivity contribution in [3.05, 3.63) is 28.2 Å². The average molecular weight is 210 g/mol. The summed E-state index contributed by atoms with van der Waals surface area (Å²) in [6.45, 7) is 7.95. The predicted molar refractivity (Wildman–Crippen MR) is 63.0 cm³/mol. The van der Waals surface area contributed by atoms with Crippen molar-refractivity contribution in [1.29, 1.82) is 0 Å². The van der Waals surface area contributed by atoms with Gasteiger partial charge in [-0.1, -0.05) is 6.08 Å². The van der Waals surface area contributed by atoms with Crippen LogP contribution in [0.25, 0.3) is 0 Å². The molecule has 1 aromatic rings. The lowest BCUT2D eigenvalue weighted by Gasteiger charge is -2.11. The summed E-state index contributed by atoms with van der Waals surface area (Å²) in [5.74, 6) is 0. The average Bonchev–Trinajstić information content (AvgIpc) is 2.45. The second kappa shape index (κ2) is 5.27. The Hall–Kier alpha value is -0.670. The topological polar surface area (TPSA) is 24.9 Å². The van der Waals surface area contributed by atoms with E-state index in [0.717, 1.165) is 12.8 Å². The van der Waals surface area contributed by atoms with Crippen LogP contribution in [0, 0.1) is 13.8 Å². The molecule has 1 heterocycles. The highest BCUT2D eigenvalue weighted by molar-refractivity contribution is 7.11. The van der Waals surface area contributed by atoms with Gasteiger partial charge >= 0.3 is 0 Å². The first-order chi connectivity index (χ1) is 6.67. The van der Waals surface area contributed by atoms with Crippen LogP contribution in [0.5, 0.6) is 0 Å². The number of hydrogen-bond acceptors (Lipinski definition) is 3. The molecule has 78 valence electrons. The summed E-state index contributed by atoms with van der Waals surface area (Å²) in [4.78, 5) is 5.85. The molecule has 0 aromatic carbocycles. The highest BCUT2D eigenvalue weighted by Gasteiger charge is 2.09. The van der Waals surface area contributed by atoms with E-state index < -0.39 is 0 Å². The van der Waals surface area contributed by atoms with E-state index in [4.69, 9.17) is 0 Å². The van der Waals surface area contributed by atoms with Crippen molar-refractivity contribution in [1.82, 2.24) is 10.3 Å². The van der Waals surface area contributed by atoms with Crippen LogP contribution in [-0.2, 0) is 6.42 Å². The van der Waals surface area contributed by atoms with Gasteiger partial charge in [0, 0.05) is 17.3 Å². The molecule has 0 saturated carbocycles. The Morgan fingerprint density at radius 2 is 2.29 bits per heavy atom. The van der Waals surface area contributed by atoms with E-state index >= 15 is 0 Å². The molecule has 1 aromatic heterocycles. The fourth-order valence-electron chi connectivity index (χ4n) is 1.34. The molecule has 0 spiro atoms. The molecule has 0 aliphatic rings. The van der Waals surface area contributed by atoms with E-state index in [9.17, 15) is 0 Å². The summed E-state index contributed by atoms with van der Waals surface area (Å²) in [5.41, 5.74) is 1.17. The Bertz CT molecular complexity index is 285. The fourth-order valence-corrected chi connectivity index (χ4v) is 2.36. The van der Waals surface area contributed by atoms with Crippen LogP contribution >= 0.6 is 11.3 Å². The molecule has 0 fully saturated rings. The molecule has 2 nitrogen and oxygen atoms in total. The SMILES string of the molecule is C=CCC(Cc1nc(C)c(C)s1)NC. The van der Waals surface area contributed by atoms with Crippen LogP contribution in [0.1, 0.15) is 22.0 Å². The minimum absolute atomic E-state index is 0.470. The van der Waals surface area contributed by atoms with Crippen LogP contribution in [0.2, 0.25) is 0 Å². The third kappa shape index (κ3) is 2.93. The zero-order chi connectivity index (χ0) is 10.6. The summed E-state index contributed by atoms with van der Waals surface area (Å²) in [5, 5.41) is 4.50. The summed E-state index contributed by atoms with van der Waals surface area (Å²) < 4.78 is 0. The van der Waals surface area contributed by atoms with E-state index in [1.165, 1.54) is 15.6 Å². The molecule has 0 saturated heterocycles. The van der Waals surface area contributed by atoms with E-state index in [-0.39, 0.29) is 0 Å². The molecular formula is C11H18N2S. The second-order valence-electron chi connectivity index (χ2n) is 3.46. The monoisotopic (exact) mass is 210 g/mol. The zero-order valence-corrected chi connectivity index (χ0v) is 9.95. The number of hydrogen-bond donors (Lipinski definition) is 1. The summed E-state index contributed by atoms with van der Waals surface area (Å²) in [7, 11) is 1.99. The number of nitrogens with one attached hydrogen (secondary N) is 1. The number of rotatable bonds is 5. The normalized spacial score (nSPS) is 12.8. The molecule has 3 heteroatoms. The standard InChI is InChI=1S/C11H18N2S/c1-5-6-10(12-4)7-11-13-8(2)9(3)14-11/h5,10,12H,1,6-7H2,2-4H3. The van der Waals surface area contributed by atoms with Gasteiger partial charge in [0.1, 0.15) is 0 Å². The number of aryl methyl sites for hydroxylation is 2. The Morgan fingerprint density at radius 1 is 1.57 bits per heavy atom. The van der Waals surface area contributed by atoms with Gasteiger partial charge in [-0.15, -0.1) is 17.9 Å². The summed E-state index contributed by atoms with van der Waals surface area (Å²) in [6, 6.07) is 0.470. The Kier molecular flexibility index (Phi) is 4.29. The van der Waals surface area contributed by atoms with Crippen molar-refractivity contribution < 1.29 is 0 Å². The van der Waals surface area contributed by atoms with Crippen LogP contribution < -0.4 is 5.32 Å². The first-order valence-corrected chi connectivity index (χ1v) is 5.70. The number of aromatic nitrogens is 1. The Labute approximate surface area is 90.1 Å². The molecular weight excluding hydrogens is 192 g/mol. The molecule has 14 heavy (non-hydrogen) atoms. The second-order valence-corrected chi connectivity index (χ2v) is 4.75. The lowest BCUT2D eigenvalue weighted by atomic mass is 10.1. The smallest absolute Gasteiger partial charge is 0.0946 e. The summed E-state index contributed by atoms with van der Waals surface area (Å²) in [6.07, 6.45) is 3.95. The van der Waals surface area contributed by atoms with E-state index in [1.807, 2.05) is 13.1 Å². The van der Waals surface area contributed by atoms with Gasteiger partial charge in [0.05, 0.1) is 10.7 Å². The molecule has 0 radical (unpaired) electrons. The third-order valence-electron chi connectivity index (χ3n) is 2.35. The molecule has 0 aliphatic heterocycles. The number of thiazole rings is 1. The van der Waals surface area contributed by atoms with Crippen LogP contribution in [0.3, 0.4) is 0 Å². The molecule has 0 amide bonds. The lowest BCUT2D eigenvalue weighted by molar-refractivity contribution is 0.564. The predicted octanol–water partition coefficient (Wildman–Crippen LogP) is 2.47. The van der Waals surface area contributed by atoms with Gasteiger partial charge in [-0.3, -0.25) is 0 Å². The highest BCUT2D eigenvalue weighted by Crippen LogP contribution is 2.18. The molecule has 1 unspecified atom stereocenters. The van der Waals surface area contributed by atoms with Crippen molar-refractivity contribution in [2.45, 2.75) is 32.7 Å². The fraction of sp³-hybridized carbons (Fsp3) is 0.545. The van der Waals surface area contributed by atoms with Crippen molar-refractivity contribution >= 4 is 11.3 Å². The first kappa shape index (κ1) is 11.4. The zero-order valence-electron chi connectivity index (χ0n) is 9.13.